The highest BCUT2D eigenvalue weighted by molar-refractivity contribution is 7.12. The van der Waals surface area contributed by atoms with Gasteiger partial charge in [-0.15, -0.1) is 11.3 Å². The number of hydrogen-bond acceptors (Lipinski definition) is 3. The monoisotopic (exact) mass is 263 g/mol. The molecule has 0 bridgehead atoms. The Morgan fingerprint density at radius 3 is 3.00 bits per heavy atom. The molecule has 1 heterocycles. The first-order valence-electron chi connectivity index (χ1n) is 5.33. The van der Waals surface area contributed by atoms with Crippen LogP contribution < -0.4 is 0 Å². The molecular weight excluding hydrogens is 254 g/mol. The maximum atomic E-state index is 9.02. The fourth-order valence-corrected chi connectivity index (χ4v) is 3.49. The van der Waals surface area contributed by atoms with E-state index in [1.54, 1.807) is 11.3 Å². The van der Waals surface area contributed by atoms with Crippen LogP contribution in [0.4, 0.5) is 0 Å². The Bertz CT molecular complexity index is 591. The van der Waals surface area contributed by atoms with Crippen LogP contribution in [0.5, 0.6) is 0 Å². The van der Waals surface area contributed by atoms with Gasteiger partial charge in [0.2, 0.25) is 0 Å². The van der Waals surface area contributed by atoms with E-state index < -0.39 is 0 Å². The fourth-order valence-electron chi connectivity index (χ4n) is 2.33. The second-order valence-corrected chi connectivity index (χ2v) is 5.42. The summed E-state index contributed by atoms with van der Waals surface area (Å²) in [4.78, 5) is 1.09. The van der Waals surface area contributed by atoms with Crippen molar-refractivity contribution in [3.63, 3.8) is 0 Å². The van der Waals surface area contributed by atoms with Crippen molar-refractivity contribution in [1.29, 1.82) is 0 Å². The molecule has 1 aromatic heterocycles. The number of fused-ring (bicyclic) bond motifs is 1. The van der Waals surface area contributed by atoms with Gasteiger partial charge >= 0.3 is 0 Å². The average Bonchev–Trinajstić information content (AvgIpc) is 2.89. The highest BCUT2D eigenvalue weighted by Gasteiger charge is 2.30. The molecule has 2 nitrogen and oxygen atoms in total. The van der Waals surface area contributed by atoms with E-state index in [0.29, 0.717) is 0 Å². The van der Waals surface area contributed by atoms with Gasteiger partial charge in [0.05, 0.1) is 10.6 Å². The fraction of sp³-hybridized carbons (Fsp3) is 0.154. The number of thiophene rings is 1. The minimum Gasteiger partial charge on any atom is -0.411 e. The predicted octanol–water partition coefficient (Wildman–Crippen LogP) is 4.12. The number of hydrogen-bond donors (Lipinski definition) is 1. The van der Waals surface area contributed by atoms with E-state index in [2.05, 4.69) is 17.3 Å². The number of benzene rings is 1. The van der Waals surface area contributed by atoms with Gasteiger partial charge in [0, 0.05) is 17.4 Å². The molecule has 0 saturated heterocycles. The molecular formula is C13H10ClNOS. The van der Waals surface area contributed by atoms with Crippen LogP contribution in [0.1, 0.15) is 28.3 Å². The molecule has 1 aliphatic carbocycles. The van der Waals surface area contributed by atoms with Gasteiger partial charge in [0.25, 0.3) is 0 Å². The molecule has 86 valence electrons. The van der Waals surface area contributed by atoms with Gasteiger partial charge in [-0.2, -0.15) is 0 Å². The highest BCUT2D eigenvalue weighted by Crippen LogP contribution is 2.41. The van der Waals surface area contributed by atoms with Gasteiger partial charge in [-0.25, -0.2) is 0 Å². The molecule has 1 aromatic carbocycles. The second-order valence-electron chi connectivity index (χ2n) is 4.06. The van der Waals surface area contributed by atoms with Crippen molar-refractivity contribution in [2.75, 3.05) is 0 Å². The Kier molecular flexibility index (Phi) is 2.65. The zero-order valence-corrected chi connectivity index (χ0v) is 10.5. The summed E-state index contributed by atoms with van der Waals surface area (Å²) in [5, 5.41) is 15.2. The molecule has 1 aliphatic rings. The van der Waals surface area contributed by atoms with Gasteiger partial charge < -0.3 is 5.21 Å². The summed E-state index contributed by atoms with van der Waals surface area (Å²) in [5.74, 6) is 0.265. The number of halogens is 1. The third kappa shape index (κ3) is 1.75. The lowest BCUT2D eigenvalue weighted by Crippen LogP contribution is -1.97. The molecule has 2 aromatic rings. The van der Waals surface area contributed by atoms with Crippen molar-refractivity contribution in [2.45, 2.75) is 12.3 Å². The largest absolute Gasteiger partial charge is 0.411 e. The van der Waals surface area contributed by atoms with Crippen molar-refractivity contribution in [3.8, 4) is 0 Å². The highest BCUT2D eigenvalue weighted by atomic mass is 35.5. The quantitative estimate of drug-likeness (QED) is 0.609. The van der Waals surface area contributed by atoms with Gasteiger partial charge in [-0.3, -0.25) is 0 Å². The zero-order chi connectivity index (χ0) is 11.8. The van der Waals surface area contributed by atoms with E-state index >= 15 is 0 Å². The van der Waals surface area contributed by atoms with E-state index in [1.807, 2.05) is 23.6 Å². The number of rotatable bonds is 1. The van der Waals surface area contributed by atoms with Crippen LogP contribution >= 0.6 is 22.9 Å². The minimum absolute atomic E-state index is 0.265. The Morgan fingerprint density at radius 2 is 2.24 bits per heavy atom. The van der Waals surface area contributed by atoms with Crippen LogP contribution in [0.2, 0.25) is 5.02 Å². The van der Waals surface area contributed by atoms with Crippen molar-refractivity contribution in [2.24, 2.45) is 5.16 Å². The second kappa shape index (κ2) is 4.17. The normalized spacial score (nSPS) is 20.8. The molecule has 0 saturated carbocycles. The molecule has 0 aliphatic heterocycles. The van der Waals surface area contributed by atoms with Crippen LogP contribution in [0, 0.1) is 0 Å². The van der Waals surface area contributed by atoms with Gasteiger partial charge in [0.1, 0.15) is 0 Å². The van der Waals surface area contributed by atoms with E-state index in [4.69, 9.17) is 16.8 Å². The van der Waals surface area contributed by atoms with Crippen LogP contribution in [0.25, 0.3) is 0 Å². The van der Waals surface area contributed by atoms with E-state index in [-0.39, 0.29) is 5.92 Å². The first kappa shape index (κ1) is 10.8. The van der Waals surface area contributed by atoms with Crippen molar-refractivity contribution in [3.05, 3.63) is 56.7 Å². The summed E-state index contributed by atoms with van der Waals surface area (Å²) in [6.45, 7) is 0. The average molecular weight is 264 g/mol. The summed E-state index contributed by atoms with van der Waals surface area (Å²) >= 11 is 7.64. The van der Waals surface area contributed by atoms with E-state index in [1.165, 1.54) is 11.1 Å². The Balaban J connectivity index is 2.08. The molecule has 0 amide bonds. The minimum atomic E-state index is 0.265. The summed E-state index contributed by atoms with van der Waals surface area (Å²) in [7, 11) is 0. The van der Waals surface area contributed by atoms with Gasteiger partial charge in [0.15, 0.2) is 0 Å². The molecule has 0 spiro atoms. The summed E-state index contributed by atoms with van der Waals surface area (Å²) in [5.41, 5.74) is 3.20. The lowest BCUT2D eigenvalue weighted by Gasteiger charge is -2.10. The first-order valence-corrected chi connectivity index (χ1v) is 6.59. The maximum absolute atomic E-state index is 9.02. The predicted molar refractivity (Wildman–Crippen MR) is 70.6 cm³/mol. The van der Waals surface area contributed by atoms with Crippen LogP contribution in [-0.2, 0) is 0 Å². The Labute approximate surface area is 108 Å². The summed E-state index contributed by atoms with van der Waals surface area (Å²) in [6, 6.07) is 9.98. The number of nitrogens with zero attached hydrogens (tertiary/aromatic N) is 1. The van der Waals surface area contributed by atoms with E-state index in [9.17, 15) is 0 Å². The van der Waals surface area contributed by atoms with Crippen LogP contribution in [-0.4, -0.2) is 10.9 Å². The SMILES string of the molecule is O/N=C1/CC(c2cccc(Cl)c2)c2ccsc21. The van der Waals surface area contributed by atoms with Gasteiger partial charge in [-0.05, 0) is 34.7 Å². The molecule has 1 N–H and O–H groups in total. The maximum Gasteiger partial charge on any atom is 0.0979 e. The molecule has 4 heteroatoms. The molecule has 0 radical (unpaired) electrons. The van der Waals surface area contributed by atoms with Gasteiger partial charge in [-0.1, -0.05) is 28.9 Å². The van der Waals surface area contributed by atoms with Crippen molar-refractivity contribution >= 4 is 28.6 Å². The topological polar surface area (TPSA) is 32.6 Å². The standard InChI is InChI=1S/C13H10ClNOS/c14-9-3-1-2-8(6-9)11-7-12(15-16)13-10(11)4-5-17-13/h1-6,11,16H,7H2/b15-12-. The molecule has 1 atom stereocenters. The molecule has 0 fully saturated rings. The third-order valence-electron chi connectivity index (χ3n) is 3.10. The smallest absolute Gasteiger partial charge is 0.0979 e. The van der Waals surface area contributed by atoms with Crippen molar-refractivity contribution < 1.29 is 5.21 Å². The van der Waals surface area contributed by atoms with Crippen LogP contribution in [0.15, 0.2) is 40.9 Å². The lowest BCUT2D eigenvalue weighted by atomic mass is 9.94. The van der Waals surface area contributed by atoms with E-state index in [0.717, 1.165) is 22.0 Å². The molecule has 17 heavy (non-hydrogen) atoms. The first-order chi connectivity index (χ1) is 8.29. The Hall–Kier alpha value is -1.32. The number of oxime groups is 1. The zero-order valence-electron chi connectivity index (χ0n) is 8.93. The molecule has 3 rings (SSSR count). The lowest BCUT2D eigenvalue weighted by molar-refractivity contribution is 0.318. The Morgan fingerprint density at radius 1 is 1.35 bits per heavy atom. The summed E-state index contributed by atoms with van der Waals surface area (Å²) in [6.07, 6.45) is 0.749. The van der Waals surface area contributed by atoms with Crippen LogP contribution in [0.3, 0.4) is 0 Å². The summed E-state index contributed by atoms with van der Waals surface area (Å²) < 4.78 is 0. The third-order valence-corrected chi connectivity index (χ3v) is 4.32. The molecule has 1 unspecified atom stereocenters. The van der Waals surface area contributed by atoms with Crippen molar-refractivity contribution in [1.82, 2.24) is 0 Å².